The van der Waals surface area contributed by atoms with Crippen LogP contribution in [0.5, 0.6) is 0 Å². The van der Waals surface area contributed by atoms with Crippen molar-refractivity contribution in [3.8, 4) is 11.3 Å². The van der Waals surface area contributed by atoms with Crippen LogP contribution in [0.4, 0.5) is 11.4 Å². The number of amides is 2. The largest absolute Gasteiger partial charge is 0.325 e. The molecule has 3 N–H and O–H groups in total. The summed E-state index contributed by atoms with van der Waals surface area (Å²) in [4.78, 5) is 40.1. The molecule has 0 saturated carbocycles. The number of carbonyl (C=O) groups excluding carboxylic acids is 2. The van der Waals surface area contributed by atoms with Gasteiger partial charge in [-0.05, 0) is 50.1 Å². The first-order valence-corrected chi connectivity index (χ1v) is 11.4. The van der Waals surface area contributed by atoms with Gasteiger partial charge in [0, 0.05) is 17.2 Å². The number of carbonyl (C=O) groups is 2. The second-order valence-corrected chi connectivity index (χ2v) is 9.45. The molecule has 172 valence electrons. The number of hydrogen-bond acceptors (Lipinski definition) is 6. The van der Waals surface area contributed by atoms with Crippen molar-refractivity contribution in [2.45, 2.75) is 45.0 Å². The standard InChI is InChI=1S/C24H27N5O3S/c1-13(2)21(30)26-19-9-7-6-8-18(19)20-23(32)27-24(29-28-20)33-16(5)22(31)25-17-11-14(3)10-15(4)12-17/h6-13,16H,1-5H3,(H,25,31)(H,26,30)(H,27,29,32)/t16-/m1/s1. The maximum absolute atomic E-state index is 12.7. The molecule has 1 atom stereocenters. The van der Waals surface area contributed by atoms with Gasteiger partial charge < -0.3 is 10.6 Å². The lowest BCUT2D eigenvalue weighted by Crippen LogP contribution is -2.24. The van der Waals surface area contributed by atoms with Gasteiger partial charge >= 0.3 is 0 Å². The molecule has 3 aromatic rings. The molecule has 8 nitrogen and oxygen atoms in total. The van der Waals surface area contributed by atoms with Gasteiger partial charge in [-0.3, -0.25) is 19.4 Å². The molecule has 9 heteroatoms. The van der Waals surface area contributed by atoms with E-state index in [2.05, 4.69) is 25.8 Å². The minimum atomic E-state index is -0.515. The smallest absolute Gasteiger partial charge is 0.278 e. The maximum Gasteiger partial charge on any atom is 0.278 e. The highest BCUT2D eigenvalue weighted by molar-refractivity contribution is 8.00. The van der Waals surface area contributed by atoms with Crippen LogP contribution in [0.2, 0.25) is 0 Å². The van der Waals surface area contributed by atoms with E-state index in [1.54, 1.807) is 45.0 Å². The van der Waals surface area contributed by atoms with E-state index in [1.165, 1.54) is 0 Å². The van der Waals surface area contributed by atoms with Crippen molar-refractivity contribution in [2.24, 2.45) is 5.92 Å². The zero-order valence-corrected chi connectivity index (χ0v) is 20.0. The van der Waals surface area contributed by atoms with Gasteiger partial charge in [-0.15, -0.1) is 10.2 Å². The van der Waals surface area contributed by atoms with E-state index >= 15 is 0 Å². The molecule has 0 aliphatic carbocycles. The van der Waals surface area contributed by atoms with Crippen molar-refractivity contribution in [1.29, 1.82) is 0 Å². The molecule has 0 fully saturated rings. The first kappa shape index (κ1) is 24.2. The first-order chi connectivity index (χ1) is 15.6. The Bertz CT molecular complexity index is 1220. The number of hydrogen-bond donors (Lipinski definition) is 3. The summed E-state index contributed by atoms with van der Waals surface area (Å²) in [5.74, 6) is -0.585. The van der Waals surface area contributed by atoms with Crippen molar-refractivity contribution in [3.63, 3.8) is 0 Å². The third-order valence-corrected chi connectivity index (χ3v) is 5.76. The number of rotatable bonds is 7. The highest BCUT2D eigenvalue weighted by atomic mass is 32.2. The van der Waals surface area contributed by atoms with Crippen molar-refractivity contribution in [3.05, 3.63) is 63.9 Å². The molecule has 0 aliphatic rings. The Balaban J connectivity index is 1.75. The van der Waals surface area contributed by atoms with Crippen molar-refractivity contribution < 1.29 is 9.59 Å². The van der Waals surface area contributed by atoms with Crippen LogP contribution in [-0.2, 0) is 9.59 Å². The highest BCUT2D eigenvalue weighted by Crippen LogP contribution is 2.25. The van der Waals surface area contributed by atoms with Crippen molar-refractivity contribution in [1.82, 2.24) is 15.2 Å². The van der Waals surface area contributed by atoms with E-state index in [0.29, 0.717) is 11.3 Å². The summed E-state index contributed by atoms with van der Waals surface area (Å²) in [5, 5.41) is 13.6. The molecule has 0 unspecified atom stereocenters. The molecule has 0 radical (unpaired) electrons. The van der Waals surface area contributed by atoms with Crippen LogP contribution in [0.3, 0.4) is 0 Å². The van der Waals surface area contributed by atoms with E-state index in [-0.39, 0.29) is 28.6 Å². The highest BCUT2D eigenvalue weighted by Gasteiger charge is 2.19. The number of aromatic nitrogens is 3. The molecule has 2 amide bonds. The lowest BCUT2D eigenvalue weighted by atomic mass is 10.1. The fourth-order valence-electron chi connectivity index (χ4n) is 3.14. The third-order valence-electron chi connectivity index (χ3n) is 4.79. The van der Waals surface area contributed by atoms with Crippen LogP contribution in [0.15, 0.2) is 52.4 Å². The molecular formula is C24H27N5O3S. The molecule has 0 bridgehead atoms. The Morgan fingerprint density at radius 3 is 2.24 bits per heavy atom. The Morgan fingerprint density at radius 1 is 0.939 bits per heavy atom. The molecule has 2 aromatic carbocycles. The van der Waals surface area contributed by atoms with E-state index in [0.717, 1.165) is 28.6 Å². The Morgan fingerprint density at radius 2 is 1.61 bits per heavy atom. The monoisotopic (exact) mass is 465 g/mol. The number of benzene rings is 2. The van der Waals surface area contributed by atoms with E-state index in [9.17, 15) is 14.4 Å². The number of anilines is 2. The van der Waals surface area contributed by atoms with Gasteiger partial charge in [0.25, 0.3) is 5.56 Å². The summed E-state index contributed by atoms with van der Waals surface area (Å²) in [6.07, 6.45) is 0. The summed E-state index contributed by atoms with van der Waals surface area (Å²) in [6.45, 7) is 9.24. The Labute approximate surface area is 196 Å². The van der Waals surface area contributed by atoms with E-state index < -0.39 is 10.8 Å². The molecule has 0 spiro atoms. The van der Waals surface area contributed by atoms with Crippen LogP contribution >= 0.6 is 11.8 Å². The second kappa shape index (κ2) is 10.4. The molecule has 33 heavy (non-hydrogen) atoms. The number of aryl methyl sites for hydroxylation is 2. The number of nitrogens with one attached hydrogen (secondary N) is 3. The molecule has 3 rings (SSSR count). The van der Waals surface area contributed by atoms with Crippen LogP contribution in [0.1, 0.15) is 31.9 Å². The lowest BCUT2D eigenvalue weighted by molar-refractivity contribution is -0.119. The van der Waals surface area contributed by atoms with E-state index in [1.807, 2.05) is 32.0 Å². The fourth-order valence-corrected chi connectivity index (χ4v) is 3.88. The molecule has 0 aliphatic heterocycles. The third kappa shape index (κ3) is 6.29. The van der Waals surface area contributed by atoms with Gasteiger partial charge in [0.15, 0.2) is 10.9 Å². The van der Waals surface area contributed by atoms with Crippen molar-refractivity contribution >= 4 is 35.0 Å². The SMILES string of the molecule is Cc1cc(C)cc(NC(=O)[C@@H](C)Sc2nnc(-c3ccccc3NC(=O)C(C)C)c(=O)[nH]2)c1. The van der Waals surface area contributed by atoms with Crippen molar-refractivity contribution in [2.75, 3.05) is 10.6 Å². The van der Waals surface area contributed by atoms with Gasteiger partial charge in [-0.25, -0.2) is 0 Å². The number of nitrogens with zero attached hydrogens (tertiary/aromatic N) is 2. The predicted molar refractivity (Wildman–Crippen MR) is 131 cm³/mol. The Kier molecular flexibility index (Phi) is 7.65. The minimum Gasteiger partial charge on any atom is -0.325 e. The Hall–Kier alpha value is -3.46. The van der Waals surface area contributed by atoms with Gasteiger partial charge in [-0.1, -0.05) is 49.9 Å². The summed E-state index contributed by atoms with van der Waals surface area (Å²) in [5.41, 5.74) is 3.42. The lowest BCUT2D eigenvalue weighted by Gasteiger charge is -2.13. The summed E-state index contributed by atoms with van der Waals surface area (Å²) in [6, 6.07) is 12.7. The van der Waals surface area contributed by atoms with E-state index in [4.69, 9.17) is 0 Å². The van der Waals surface area contributed by atoms with Gasteiger partial charge in [0.1, 0.15) is 0 Å². The zero-order valence-electron chi connectivity index (χ0n) is 19.2. The second-order valence-electron chi connectivity index (χ2n) is 8.12. The first-order valence-electron chi connectivity index (χ1n) is 10.6. The van der Waals surface area contributed by atoms with Crippen LogP contribution in [0.25, 0.3) is 11.3 Å². The average molecular weight is 466 g/mol. The number of H-pyrrole nitrogens is 1. The van der Waals surface area contributed by atoms with Crippen LogP contribution in [0, 0.1) is 19.8 Å². The minimum absolute atomic E-state index is 0.0892. The average Bonchev–Trinajstić information content (AvgIpc) is 2.73. The number of para-hydroxylation sites is 1. The maximum atomic E-state index is 12.7. The molecule has 1 aromatic heterocycles. The summed E-state index contributed by atoms with van der Waals surface area (Å²) < 4.78 is 0. The van der Waals surface area contributed by atoms with Gasteiger partial charge in [0.2, 0.25) is 11.8 Å². The predicted octanol–water partition coefficient (Wildman–Crippen LogP) is 4.16. The summed E-state index contributed by atoms with van der Waals surface area (Å²) in [7, 11) is 0. The summed E-state index contributed by atoms with van der Waals surface area (Å²) >= 11 is 1.11. The quantitative estimate of drug-likeness (QED) is 0.451. The normalized spacial score (nSPS) is 11.8. The van der Waals surface area contributed by atoms with Crippen LogP contribution in [-0.4, -0.2) is 32.2 Å². The number of thioether (sulfide) groups is 1. The topological polar surface area (TPSA) is 117 Å². The molecule has 1 heterocycles. The van der Waals surface area contributed by atoms with Gasteiger partial charge in [-0.2, -0.15) is 0 Å². The number of aromatic amines is 1. The van der Waals surface area contributed by atoms with Crippen LogP contribution < -0.4 is 16.2 Å². The zero-order chi connectivity index (χ0) is 24.1. The molecular weight excluding hydrogens is 438 g/mol. The fraction of sp³-hybridized carbons (Fsp3) is 0.292. The molecule has 0 saturated heterocycles. The van der Waals surface area contributed by atoms with Gasteiger partial charge in [0.05, 0.1) is 10.9 Å².